The van der Waals surface area contributed by atoms with E-state index in [-0.39, 0.29) is 47.9 Å². The number of fused-ring (bicyclic) bond motifs is 2. The zero-order valence-corrected chi connectivity index (χ0v) is 23.0. The molecule has 0 spiro atoms. The quantitative estimate of drug-likeness (QED) is 0.0805. The number of aromatic nitrogens is 8. The van der Waals surface area contributed by atoms with Gasteiger partial charge >= 0.3 is 0 Å². The minimum absolute atomic E-state index is 0.0298. The van der Waals surface area contributed by atoms with Gasteiger partial charge in [-0.3, -0.25) is 29.0 Å². The molecule has 5 N–H and O–H groups in total. The lowest BCUT2D eigenvalue weighted by molar-refractivity contribution is -0.293. The minimum Gasteiger partial charge on any atom is -0.369 e. The van der Waals surface area contributed by atoms with E-state index in [4.69, 9.17) is 28.8 Å². The van der Waals surface area contributed by atoms with Gasteiger partial charge in [0.05, 0.1) is 38.3 Å². The molecule has 0 radical (unpaired) electrons. The second kappa shape index (κ2) is 11.7. The summed E-state index contributed by atoms with van der Waals surface area (Å²) in [7, 11) is 1.52. The summed E-state index contributed by atoms with van der Waals surface area (Å²) in [4.78, 5) is 49.7. The van der Waals surface area contributed by atoms with Crippen LogP contribution in [-0.2, 0) is 27.9 Å². The molecular weight excluding hydrogens is 591 g/mol. The van der Waals surface area contributed by atoms with Crippen LogP contribution < -0.4 is 16.9 Å². The molecule has 0 saturated carbocycles. The lowest BCUT2D eigenvalue weighted by atomic mass is 10.0. The molecular formula is C20H24FN9O9P2. The van der Waals surface area contributed by atoms with Crippen molar-refractivity contribution in [2.45, 2.75) is 43.5 Å². The molecule has 41 heavy (non-hydrogen) atoms. The van der Waals surface area contributed by atoms with E-state index in [1.54, 1.807) is 0 Å². The van der Waals surface area contributed by atoms with Gasteiger partial charge in [0.2, 0.25) is 5.95 Å². The molecule has 9 atom stereocenters. The van der Waals surface area contributed by atoms with Crippen molar-refractivity contribution in [1.82, 2.24) is 39.0 Å². The van der Waals surface area contributed by atoms with Crippen LogP contribution in [0, 0.1) is 5.92 Å². The van der Waals surface area contributed by atoms with Crippen LogP contribution in [0.4, 0.5) is 10.3 Å². The number of hydrogen-bond acceptors (Lipinski definition) is 14. The molecule has 0 bridgehead atoms. The van der Waals surface area contributed by atoms with Gasteiger partial charge in [-0.05, 0) is 0 Å². The normalized spacial score (nSPS) is 28.6. The maximum Gasteiger partial charge on any atom is 0.280 e. The second-order valence-corrected chi connectivity index (χ2v) is 10.2. The van der Waals surface area contributed by atoms with Gasteiger partial charge in [0, 0.05) is 21.8 Å². The van der Waals surface area contributed by atoms with Crippen molar-refractivity contribution in [2.24, 2.45) is 5.92 Å². The van der Waals surface area contributed by atoms with Crippen LogP contribution in [0.2, 0.25) is 0 Å². The summed E-state index contributed by atoms with van der Waals surface area (Å²) in [6.45, 7) is -0.0347. The fourth-order valence-corrected chi connectivity index (χ4v) is 5.64. The van der Waals surface area contributed by atoms with Crippen LogP contribution in [0.3, 0.4) is 0 Å². The number of H-pyrrole nitrogens is 2. The van der Waals surface area contributed by atoms with E-state index in [2.05, 4.69) is 44.3 Å². The third-order valence-electron chi connectivity index (χ3n) is 6.78. The fraction of sp³-hybridized carbons (Fsp3) is 0.500. The largest absolute Gasteiger partial charge is 0.369 e. The Kier molecular flexibility index (Phi) is 8.04. The molecule has 0 aromatic carbocycles. The molecule has 18 nitrogen and oxygen atoms in total. The van der Waals surface area contributed by atoms with Gasteiger partial charge in [0.25, 0.3) is 11.1 Å². The molecule has 6 heterocycles. The number of nitrogens with zero attached hydrogens (tertiary/aromatic N) is 6. The molecule has 4 aromatic heterocycles. The number of aromatic amines is 2. The highest BCUT2D eigenvalue weighted by Crippen LogP contribution is 2.40. The number of hydrogen-bond donors (Lipinski definition) is 4. The van der Waals surface area contributed by atoms with E-state index in [9.17, 15) is 14.8 Å². The van der Waals surface area contributed by atoms with Gasteiger partial charge in [-0.15, -0.1) is 0 Å². The van der Waals surface area contributed by atoms with Crippen molar-refractivity contribution in [3.63, 3.8) is 0 Å². The number of ether oxygens (including phenoxy) is 2. The van der Waals surface area contributed by atoms with Crippen molar-refractivity contribution >= 4 is 46.8 Å². The second-order valence-electron chi connectivity index (χ2n) is 9.19. The van der Waals surface area contributed by atoms with Crippen LogP contribution in [0.1, 0.15) is 18.9 Å². The fourth-order valence-electron chi connectivity index (χ4n) is 4.86. The Balaban J connectivity index is 1.09. The van der Waals surface area contributed by atoms with E-state index in [1.807, 2.05) is 0 Å². The van der Waals surface area contributed by atoms with Gasteiger partial charge in [0.1, 0.15) is 6.10 Å². The molecule has 21 heteroatoms. The molecule has 4 aromatic rings. The third-order valence-corrected chi connectivity index (χ3v) is 7.62. The summed E-state index contributed by atoms with van der Waals surface area (Å²) in [5.41, 5.74) is 5.07. The van der Waals surface area contributed by atoms with Gasteiger partial charge in [-0.25, -0.2) is 24.2 Å². The molecule has 0 amide bonds. The summed E-state index contributed by atoms with van der Waals surface area (Å²) in [6, 6.07) is 0. The lowest BCUT2D eigenvalue weighted by Gasteiger charge is -2.19. The van der Waals surface area contributed by atoms with Crippen LogP contribution in [0.5, 0.6) is 0 Å². The van der Waals surface area contributed by atoms with Crippen molar-refractivity contribution in [1.29, 1.82) is 0 Å². The van der Waals surface area contributed by atoms with Crippen LogP contribution in [0.25, 0.3) is 22.3 Å². The highest BCUT2D eigenvalue weighted by atomic mass is 31.1. The molecule has 0 aliphatic carbocycles. The number of nitrogens with one attached hydrogen (secondary N) is 2. The summed E-state index contributed by atoms with van der Waals surface area (Å²) in [5, 5.41) is 9.43. The molecule has 2 fully saturated rings. The number of halogens is 1. The van der Waals surface area contributed by atoms with Crippen molar-refractivity contribution in [2.75, 3.05) is 18.9 Å². The van der Waals surface area contributed by atoms with Crippen LogP contribution in [-0.4, -0.2) is 82.2 Å². The predicted molar refractivity (Wildman–Crippen MR) is 140 cm³/mol. The first-order valence-corrected chi connectivity index (χ1v) is 13.4. The Labute approximate surface area is 231 Å². The van der Waals surface area contributed by atoms with Crippen molar-refractivity contribution in [3.8, 4) is 0 Å². The molecule has 3 unspecified atom stereocenters. The Bertz CT molecular complexity index is 1650. The highest BCUT2D eigenvalue weighted by Gasteiger charge is 2.47. The zero-order chi connectivity index (χ0) is 28.7. The standard InChI is InChI=1S/C20H24FN9O9P2/c21-11-7(9(3-34-40)36-19(11)29-5-25-12-14(29)23-4-24-16(12)31)2-35-41-39-10-1-8(38-33)18(37-10)30-6-26-13-15(30)27-20(22)28-17(13)32/h4-11,18-19,33,41H,1-3,40H2,(H,23,24,31)(H3,22,27,28,32)/t7-,8-,9-,10?,11+,18-,19-/m1/s1. The Morgan fingerprint density at radius 2 is 1.88 bits per heavy atom. The Hall–Kier alpha value is -2.99. The number of nitrogen functional groups attached to an aromatic ring is 1. The molecule has 2 aliphatic heterocycles. The zero-order valence-electron chi connectivity index (χ0n) is 20.8. The molecule has 2 aliphatic rings. The maximum atomic E-state index is 15.7. The average molecular weight is 615 g/mol. The minimum atomic E-state index is -1.56. The summed E-state index contributed by atoms with van der Waals surface area (Å²) >= 11 is 0. The first-order chi connectivity index (χ1) is 19.9. The number of imidazole rings is 2. The van der Waals surface area contributed by atoms with Gasteiger partial charge in [0.15, 0.2) is 56.3 Å². The topological polar surface area (TPSA) is 229 Å². The molecule has 2 saturated heterocycles. The Morgan fingerprint density at radius 1 is 1.12 bits per heavy atom. The number of rotatable bonds is 10. The Morgan fingerprint density at radius 3 is 2.63 bits per heavy atom. The van der Waals surface area contributed by atoms with Crippen LogP contribution in [0.15, 0.2) is 28.6 Å². The predicted octanol–water partition coefficient (Wildman–Crippen LogP) is 0.138. The summed E-state index contributed by atoms with van der Waals surface area (Å²) in [5.74, 6) is -0.874. The number of anilines is 1. The van der Waals surface area contributed by atoms with Gasteiger partial charge < -0.3 is 33.8 Å². The summed E-state index contributed by atoms with van der Waals surface area (Å²) in [6.07, 6.45) is -2.16. The monoisotopic (exact) mass is 615 g/mol. The molecule has 6 rings (SSSR count). The van der Waals surface area contributed by atoms with E-state index in [1.165, 1.54) is 28.1 Å². The van der Waals surface area contributed by atoms with Gasteiger partial charge in [-0.1, -0.05) is 0 Å². The highest BCUT2D eigenvalue weighted by molar-refractivity contribution is 7.26. The summed E-state index contributed by atoms with van der Waals surface area (Å²) < 4.78 is 46.6. The number of alkyl halides is 1. The number of nitrogens with two attached hydrogens (primary N) is 1. The third kappa shape index (κ3) is 5.24. The van der Waals surface area contributed by atoms with Gasteiger partial charge in [-0.2, -0.15) is 4.98 Å². The van der Waals surface area contributed by atoms with E-state index >= 15 is 4.39 Å². The van der Waals surface area contributed by atoms with Crippen LogP contribution >= 0.6 is 18.5 Å². The van der Waals surface area contributed by atoms with E-state index < -0.39 is 63.2 Å². The first kappa shape index (κ1) is 28.1. The maximum absolute atomic E-state index is 15.7. The average Bonchev–Trinajstić information content (AvgIpc) is 3.72. The SMILES string of the molecule is Nc1nc2c(ncn2[C@@H]2OC(OPOC[C@H]3[C@H](F)[C@H](n4cnc5c(=O)[nH]cnc54)O[C@@H]3COP)C[C@H]2OO)c(=O)[nH]1. The smallest absolute Gasteiger partial charge is 0.280 e. The van der Waals surface area contributed by atoms with E-state index in [0.29, 0.717) is 0 Å². The van der Waals surface area contributed by atoms with Crippen molar-refractivity contribution in [3.05, 3.63) is 39.7 Å². The van der Waals surface area contributed by atoms with E-state index in [0.717, 1.165) is 0 Å². The van der Waals surface area contributed by atoms with Crippen molar-refractivity contribution < 1.29 is 37.6 Å². The molecule has 220 valence electrons. The first-order valence-electron chi connectivity index (χ1n) is 12.1. The lowest BCUT2D eigenvalue weighted by Crippen LogP contribution is -2.29.